The molecule has 0 saturated carbocycles. The number of anilines is 1. The number of hydrogen-bond acceptors (Lipinski definition) is 6. The highest BCUT2D eigenvalue weighted by Gasteiger charge is 2.22. The smallest absolute Gasteiger partial charge is 0.306 e. The lowest BCUT2D eigenvalue weighted by Crippen LogP contribution is -2.43. The average molecular weight is 256 g/mol. The molecule has 0 bridgehead atoms. The minimum atomic E-state index is -0.522. The van der Waals surface area contributed by atoms with Crippen molar-refractivity contribution in [3.63, 3.8) is 0 Å². The second-order valence-electron chi connectivity index (χ2n) is 3.75. The molecule has 8 heteroatoms. The Kier molecular flexibility index (Phi) is 3.64. The number of rotatable bonds is 3. The molecule has 0 aliphatic carbocycles. The second kappa shape index (κ2) is 5.19. The van der Waals surface area contributed by atoms with Crippen molar-refractivity contribution in [2.75, 3.05) is 11.9 Å². The Morgan fingerprint density at radius 3 is 3.06 bits per heavy atom. The van der Waals surface area contributed by atoms with E-state index < -0.39 is 4.92 Å². The van der Waals surface area contributed by atoms with Gasteiger partial charge in [0.2, 0.25) is 5.91 Å². The third kappa shape index (κ3) is 2.98. The maximum absolute atomic E-state index is 11.8. The quantitative estimate of drug-likeness (QED) is 0.624. The molecule has 1 amide bonds. The van der Waals surface area contributed by atoms with Crippen molar-refractivity contribution in [1.82, 2.24) is 10.3 Å². The van der Waals surface area contributed by atoms with E-state index in [-0.39, 0.29) is 22.1 Å². The van der Waals surface area contributed by atoms with Gasteiger partial charge >= 0.3 is 5.00 Å². The first-order chi connectivity index (χ1) is 8.16. The van der Waals surface area contributed by atoms with E-state index >= 15 is 0 Å². The minimum Gasteiger partial charge on any atom is -0.306 e. The number of hydrogen-bond donors (Lipinski definition) is 2. The van der Waals surface area contributed by atoms with Gasteiger partial charge in [0.25, 0.3) is 0 Å². The molecule has 7 nitrogen and oxygen atoms in total. The molecule has 2 heterocycles. The molecule has 1 aromatic rings. The fourth-order valence-electron chi connectivity index (χ4n) is 1.68. The maximum atomic E-state index is 11.8. The lowest BCUT2D eigenvalue weighted by Gasteiger charge is -2.21. The van der Waals surface area contributed by atoms with Gasteiger partial charge in [0.1, 0.15) is 6.20 Å². The Bertz CT molecular complexity index is 428. The van der Waals surface area contributed by atoms with E-state index in [1.165, 1.54) is 0 Å². The topological polar surface area (TPSA) is 97.2 Å². The van der Waals surface area contributed by atoms with Crippen LogP contribution in [-0.4, -0.2) is 28.4 Å². The van der Waals surface area contributed by atoms with Crippen LogP contribution in [0.4, 0.5) is 10.1 Å². The number of nitro groups is 1. The van der Waals surface area contributed by atoms with Crippen LogP contribution in [-0.2, 0) is 4.79 Å². The van der Waals surface area contributed by atoms with E-state index in [1.54, 1.807) is 0 Å². The predicted octanol–water partition coefficient (Wildman–Crippen LogP) is 1.13. The summed E-state index contributed by atoms with van der Waals surface area (Å²) in [6, 6.07) is -0.216. The van der Waals surface area contributed by atoms with E-state index in [9.17, 15) is 14.9 Å². The summed E-state index contributed by atoms with van der Waals surface area (Å²) in [4.78, 5) is 25.5. The zero-order chi connectivity index (χ0) is 12.3. The van der Waals surface area contributed by atoms with Crippen LogP contribution in [0.25, 0.3) is 0 Å². The first-order valence-corrected chi connectivity index (χ1v) is 6.13. The number of carbonyl (C=O) groups is 1. The third-order valence-corrected chi connectivity index (χ3v) is 3.39. The molecule has 2 rings (SSSR count). The fourth-order valence-corrected chi connectivity index (χ4v) is 2.31. The molecule has 1 unspecified atom stereocenters. The molecule has 0 radical (unpaired) electrons. The van der Waals surface area contributed by atoms with Crippen LogP contribution >= 0.6 is 11.3 Å². The van der Waals surface area contributed by atoms with E-state index in [2.05, 4.69) is 15.6 Å². The molecule has 1 fully saturated rings. The molecular weight excluding hydrogens is 244 g/mol. The summed E-state index contributed by atoms with van der Waals surface area (Å²) < 4.78 is 0. The van der Waals surface area contributed by atoms with Gasteiger partial charge in [-0.2, -0.15) is 0 Å². The summed E-state index contributed by atoms with van der Waals surface area (Å²) in [5.74, 6) is -0.172. The van der Waals surface area contributed by atoms with Crippen LogP contribution in [0.15, 0.2) is 6.20 Å². The molecule has 2 N–H and O–H groups in total. The first kappa shape index (κ1) is 11.9. The van der Waals surface area contributed by atoms with Crippen molar-refractivity contribution >= 4 is 27.4 Å². The number of piperidine rings is 1. The number of carbonyl (C=O) groups excluding carboxylic acids is 1. The highest BCUT2D eigenvalue weighted by molar-refractivity contribution is 7.18. The first-order valence-electron chi connectivity index (χ1n) is 5.31. The Labute approximate surface area is 101 Å². The van der Waals surface area contributed by atoms with Gasteiger partial charge in [0, 0.05) is 0 Å². The van der Waals surface area contributed by atoms with E-state index in [0.29, 0.717) is 0 Å². The predicted molar refractivity (Wildman–Crippen MR) is 63.0 cm³/mol. The number of amides is 1. The van der Waals surface area contributed by atoms with Crippen molar-refractivity contribution in [3.05, 3.63) is 16.3 Å². The van der Waals surface area contributed by atoms with Gasteiger partial charge in [0.15, 0.2) is 5.13 Å². The Morgan fingerprint density at radius 1 is 1.65 bits per heavy atom. The van der Waals surface area contributed by atoms with Gasteiger partial charge in [-0.05, 0) is 30.7 Å². The molecule has 92 valence electrons. The summed E-state index contributed by atoms with van der Waals surface area (Å²) in [6.45, 7) is 0.829. The van der Waals surface area contributed by atoms with Gasteiger partial charge in [-0.1, -0.05) is 6.42 Å². The van der Waals surface area contributed by atoms with Gasteiger partial charge in [-0.25, -0.2) is 4.98 Å². The summed E-state index contributed by atoms with van der Waals surface area (Å²) in [6.07, 6.45) is 4.03. The van der Waals surface area contributed by atoms with Crippen LogP contribution < -0.4 is 10.6 Å². The molecule has 1 saturated heterocycles. The Hall–Kier alpha value is -1.54. The van der Waals surface area contributed by atoms with Crippen LogP contribution in [0, 0.1) is 10.1 Å². The summed E-state index contributed by atoms with van der Waals surface area (Å²) in [7, 11) is 0. The van der Waals surface area contributed by atoms with E-state index in [0.717, 1.165) is 43.3 Å². The normalized spacial score (nSPS) is 19.9. The zero-order valence-corrected chi connectivity index (χ0v) is 9.83. The van der Waals surface area contributed by atoms with Crippen LogP contribution in [0.1, 0.15) is 19.3 Å². The molecule has 1 atom stereocenters. The van der Waals surface area contributed by atoms with Gasteiger partial charge in [-0.15, -0.1) is 0 Å². The minimum absolute atomic E-state index is 0.0723. The standard InChI is InChI=1S/C9H12N4O3S/c14-8(6-3-1-2-4-10-6)12-9-11-5-7(17-9)13(15)16/h5-6,10H,1-4H2,(H,11,12,14). The number of thiazole rings is 1. The number of nitrogens with one attached hydrogen (secondary N) is 2. The molecular formula is C9H12N4O3S. The van der Waals surface area contributed by atoms with E-state index in [1.807, 2.05) is 0 Å². The van der Waals surface area contributed by atoms with Crippen LogP contribution in [0.2, 0.25) is 0 Å². The van der Waals surface area contributed by atoms with E-state index in [4.69, 9.17) is 0 Å². The average Bonchev–Trinajstić information content (AvgIpc) is 2.79. The fraction of sp³-hybridized carbons (Fsp3) is 0.556. The number of nitrogens with zero attached hydrogens (tertiary/aromatic N) is 2. The molecule has 0 aromatic carbocycles. The summed E-state index contributed by atoms with van der Waals surface area (Å²) in [5, 5.41) is 16.3. The third-order valence-electron chi connectivity index (χ3n) is 2.53. The summed E-state index contributed by atoms with van der Waals surface area (Å²) in [5.41, 5.74) is 0. The van der Waals surface area contributed by atoms with Crippen molar-refractivity contribution in [2.24, 2.45) is 0 Å². The SMILES string of the molecule is O=C(Nc1ncc([N+](=O)[O-])s1)C1CCCCN1. The van der Waals surface area contributed by atoms with Crippen molar-refractivity contribution in [3.8, 4) is 0 Å². The maximum Gasteiger partial charge on any atom is 0.345 e. The largest absolute Gasteiger partial charge is 0.345 e. The zero-order valence-electron chi connectivity index (χ0n) is 9.01. The Morgan fingerprint density at radius 2 is 2.47 bits per heavy atom. The van der Waals surface area contributed by atoms with Gasteiger partial charge < -0.3 is 10.6 Å². The monoisotopic (exact) mass is 256 g/mol. The van der Waals surface area contributed by atoms with Crippen molar-refractivity contribution in [1.29, 1.82) is 0 Å². The van der Waals surface area contributed by atoms with Gasteiger partial charge in [0.05, 0.1) is 11.0 Å². The second-order valence-corrected chi connectivity index (χ2v) is 4.76. The summed E-state index contributed by atoms with van der Waals surface area (Å²) >= 11 is 0.863. The lowest BCUT2D eigenvalue weighted by atomic mass is 10.0. The van der Waals surface area contributed by atoms with Crippen molar-refractivity contribution in [2.45, 2.75) is 25.3 Å². The Balaban J connectivity index is 1.94. The molecule has 1 aliphatic heterocycles. The number of aromatic nitrogens is 1. The van der Waals surface area contributed by atoms with Crippen LogP contribution in [0.3, 0.4) is 0 Å². The highest BCUT2D eigenvalue weighted by Crippen LogP contribution is 2.25. The molecule has 0 spiro atoms. The molecule has 1 aliphatic rings. The van der Waals surface area contributed by atoms with Crippen LogP contribution in [0.5, 0.6) is 0 Å². The molecule has 1 aromatic heterocycles. The highest BCUT2D eigenvalue weighted by atomic mass is 32.1. The molecule has 17 heavy (non-hydrogen) atoms. The van der Waals surface area contributed by atoms with Crippen molar-refractivity contribution < 1.29 is 9.72 Å². The lowest BCUT2D eigenvalue weighted by molar-refractivity contribution is -0.380. The van der Waals surface area contributed by atoms with Gasteiger partial charge in [-0.3, -0.25) is 14.9 Å².